The number of rotatable bonds is 7. The van der Waals surface area contributed by atoms with E-state index in [0.717, 1.165) is 18.7 Å². The summed E-state index contributed by atoms with van der Waals surface area (Å²) in [6.45, 7) is 5.69. The van der Waals surface area contributed by atoms with Crippen molar-refractivity contribution in [2.75, 3.05) is 37.7 Å². The lowest BCUT2D eigenvalue weighted by Crippen LogP contribution is -2.57. The lowest BCUT2D eigenvalue weighted by Gasteiger charge is -2.43. The molecular weight excluding hydrogens is 538 g/mol. The topological polar surface area (TPSA) is 55.9 Å². The maximum Gasteiger partial charge on any atom is 0.416 e. The lowest BCUT2D eigenvalue weighted by molar-refractivity contribution is -0.143. The normalized spacial score (nSPS) is 17.8. The third-order valence-electron chi connectivity index (χ3n) is 7.45. The number of piperidine rings is 1. The Labute approximate surface area is 228 Å². The second-order valence-corrected chi connectivity index (χ2v) is 10.6. The molecule has 40 heavy (non-hydrogen) atoms. The molecule has 2 aromatic rings. The average molecular weight is 571 g/mol. The van der Waals surface area contributed by atoms with Crippen molar-refractivity contribution >= 4 is 17.5 Å². The molecule has 2 heterocycles. The van der Waals surface area contributed by atoms with Gasteiger partial charge in [0, 0.05) is 36.9 Å². The van der Waals surface area contributed by atoms with Gasteiger partial charge in [-0.25, -0.2) is 0 Å². The summed E-state index contributed by atoms with van der Waals surface area (Å²) in [5.41, 5.74) is -3.90. The molecular formula is C28H32F6N4O2. The molecule has 2 amide bonds. The molecule has 218 valence electrons. The maximum absolute atomic E-state index is 13.8. The summed E-state index contributed by atoms with van der Waals surface area (Å²) in [5, 5.41) is 3.32. The summed E-state index contributed by atoms with van der Waals surface area (Å²) in [6, 6.07) is 10.6. The summed E-state index contributed by atoms with van der Waals surface area (Å²) < 4.78 is 80.0. The Morgan fingerprint density at radius 2 is 1.52 bits per heavy atom. The summed E-state index contributed by atoms with van der Waals surface area (Å²) in [6.07, 6.45) is -8.98. The van der Waals surface area contributed by atoms with Crippen molar-refractivity contribution in [2.45, 2.75) is 57.0 Å². The molecule has 2 aliphatic heterocycles. The molecule has 12 heteroatoms. The molecule has 1 N–H and O–H groups in total. The molecule has 2 aromatic carbocycles. The van der Waals surface area contributed by atoms with E-state index in [4.69, 9.17) is 0 Å². The number of benzene rings is 2. The van der Waals surface area contributed by atoms with Gasteiger partial charge in [-0.2, -0.15) is 26.3 Å². The Morgan fingerprint density at radius 1 is 0.950 bits per heavy atom. The third-order valence-corrected chi connectivity index (χ3v) is 7.45. The van der Waals surface area contributed by atoms with Gasteiger partial charge in [0.1, 0.15) is 5.54 Å². The van der Waals surface area contributed by atoms with Crippen molar-refractivity contribution < 1.29 is 35.9 Å². The zero-order chi connectivity index (χ0) is 29.3. The highest BCUT2D eigenvalue weighted by Gasteiger charge is 2.54. The molecule has 0 atom stereocenters. The van der Waals surface area contributed by atoms with Crippen LogP contribution in [0.25, 0.3) is 0 Å². The molecule has 0 saturated carbocycles. The van der Waals surface area contributed by atoms with E-state index < -0.39 is 40.5 Å². The van der Waals surface area contributed by atoms with Crippen LogP contribution in [0, 0.1) is 0 Å². The molecule has 0 aliphatic carbocycles. The van der Waals surface area contributed by atoms with Crippen molar-refractivity contribution in [1.29, 1.82) is 0 Å². The number of para-hydroxylation sites is 1. The number of hydrogen-bond donors (Lipinski definition) is 1. The largest absolute Gasteiger partial charge is 0.416 e. The minimum atomic E-state index is -5.05. The highest BCUT2D eigenvalue weighted by atomic mass is 19.4. The number of nitrogens with zero attached hydrogens (tertiary/aromatic N) is 3. The van der Waals surface area contributed by atoms with E-state index in [1.807, 2.05) is 49.1 Å². The fourth-order valence-corrected chi connectivity index (χ4v) is 5.37. The standard InChI is InChI=1S/C28H32F6N4O2/c1-19(2)35-11-6-12-37-18-38(23-7-4-3-5-8-23)26(25(37)40)9-13-36(14-10-26)24(39)20-15-21(27(29,30)31)17-22(16-20)28(32,33)34/h3-5,7-8,15-17,19,35H,6,9-14,18H2,1-2H3. The number of anilines is 1. The van der Waals surface area contributed by atoms with Crippen LogP contribution in [-0.4, -0.2) is 66.0 Å². The zero-order valence-corrected chi connectivity index (χ0v) is 22.3. The maximum atomic E-state index is 13.8. The quantitative estimate of drug-likeness (QED) is 0.358. The first-order valence-electron chi connectivity index (χ1n) is 13.2. The molecule has 0 unspecified atom stereocenters. The Morgan fingerprint density at radius 3 is 2.05 bits per heavy atom. The van der Waals surface area contributed by atoms with E-state index in [-0.39, 0.29) is 37.9 Å². The number of halogens is 6. The number of nitrogens with one attached hydrogen (secondary N) is 1. The Hall–Kier alpha value is -3.28. The number of carbonyl (C=O) groups excluding carboxylic acids is 2. The Kier molecular flexibility index (Phi) is 8.39. The molecule has 0 bridgehead atoms. The van der Waals surface area contributed by atoms with Gasteiger partial charge >= 0.3 is 12.4 Å². The predicted molar refractivity (Wildman–Crippen MR) is 138 cm³/mol. The lowest BCUT2D eigenvalue weighted by atomic mass is 9.85. The molecule has 1 spiro atoms. The summed E-state index contributed by atoms with van der Waals surface area (Å²) in [5.74, 6) is -1.02. The molecule has 6 nitrogen and oxygen atoms in total. The van der Waals surface area contributed by atoms with Crippen molar-refractivity contribution in [3.8, 4) is 0 Å². The first kappa shape index (κ1) is 29.7. The Balaban J connectivity index is 1.55. The summed E-state index contributed by atoms with van der Waals surface area (Å²) in [7, 11) is 0. The van der Waals surface area contributed by atoms with Crippen LogP contribution in [0.2, 0.25) is 0 Å². The van der Waals surface area contributed by atoms with Crippen molar-refractivity contribution in [3.63, 3.8) is 0 Å². The molecule has 0 radical (unpaired) electrons. The van der Waals surface area contributed by atoms with Gasteiger partial charge in [0.2, 0.25) is 5.91 Å². The minimum Gasteiger partial charge on any atom is -0.339 e. The van der Waals surface area contributed by atoms with E-state index in [9.17, 15) is 35.9 Å². The van der Waals surface area contributed by atoms with Crippen molar-refractivity contribution in [2.24, 2.45) is 0 Å². The van der Waals surface area contributed by atoms with Gasteiger partial charge in [-0.1, -0.05) is 32.0 Å². The van der Waals surface area contributed by atoms with Crippen LogP contribution in [0.5, 0.6) is 0 Å². The fraction of sp³-hybridized carbons (Fsp3) is 0.500. The van der Waals surface area contributed by atoms with E-state index in [1.165, 1.54) is 4.90 Å². The van der Waals surface area contributed by atoms with Gasteiger partial charge in [-0.05, 0) is 56.1 Å². The van der Waals surface area contributed by atoms with Gasteiger partial charge in [-0.15, -0.1) is 0 Å². The van der Waals surface area contributed by atoms with Crippen LogP contribution in [0.4, 0.5) is 32.0 Å². The average Bonchev–Trinajstić information content (AvgIpc) is 3.16. The van der Waals surface area contributed by atoms with E-state index >= 15 is 0 Å². The second-order valence-electron chi connectivity index (χ2n) is 10.6. The van der Waals surface area contributed by atoms with Crippen molar-refractivity contribution in [3.05, 3.63) is 65.2 Å². The Bertz CT molecular complexity index is 1180. The first-order chi connectivity index (χ1) is 18.7. The first-order valence-corrected chi connectivity index (χ1v) is 13.2. The van der Waals surface area contributed by atoms with Gasteiger partial charge in [0.25, 0.3) is 5.91 Å². The minimum absolute atomic E-state index is 0.00217. The van der Waals surface area contributed by atoms with E-state index in [2.05, 4.69) is 5.32 Å². The van der Waals surface area contributed by atoms with Crippen LogP contribution in [-0.2, 0) is 17.1 Å². The fourth-order valence-electron chi connectivity index (χ4n) is 5.37. The molecule has 4 rings (SSSR count). The molecule has 2 fully saturated rings. The number of hydrogen-bond acceptors (Lipinski definition) is 4. The number of amides is 2. The van der Waals surface area contributed by atoms with E-state index in [1.54, 1.807) is 4.90 Å². The predicted octanol–water partition coefficient (Wildman–Crippen LogP) is 5.39. The van der Waals surface area contributed by atoms with E-state index in [0.29, 0.717) is 31.4 Å². The third kappa shape index (κ3) is 6.21. The van der Waals surface area contributed by atoms with Crippen LogP contribution in [0.1, 0.15) is 54.6 Å². The SMILES string of the molecule is CC(C)NCCCN1CN(c2ccccc2)C2(CCN(C(=O)c3cc(C(F)(F)F)cc(C(F)(F)F)c3)CC2)C1=O. The van der Waals surface area contributed by atoms with Gasteiger partial charge in [0.05, 0.1) is 17.8 Å². The molecule has 2 aliphatic rings. The van der Waals surface area contributed by atoms with Crippen LogP contribution >= 0.6 is 0 Å². The summed E-state index contributed by atoms with van der Waals surface area (Å²) in [4.78, 5) is 31.9. The molecule has 0 aromatic heterocycles. The molecule has 2 saturated heterocycles. The summed E-state index contributed by atoms with van der Waals surface area (Å²) >= 11 is 0. The van der Waals surface area contributed by atoms with Crippen LogP contribution < -0.4 is 10.2 Å². The van der Waals surface area contributed by atoms with Gasteiger partial charge in [-0.3, -0.25) is 9.59 Å². The highest BCUT2D eigenvalue weighted by molar-refractivity contribution is 5.96. The highest BCUT2D eigenvalue weighted by Crippen LogP contribution is 2.41. The monoisotopic (exact) mass is 570 g/mol. The van der Waals surface area contributed by atoms with Crippen LogP contribution in [0.15, 0.2) is 48.5 Å². The zero-order valence-electron chi connectivity index (χ0n) is 22.3. The van der Waals surface area contributed by atoms with Gasteiger partial charge < -0.3 is 20.0 Å². The smallest absolute Gasteiger partial charge is 0.339 e. The van der Waals surface area contributed by atoms with Crippen LogP contribution in [0.3, 0.4) is 0 Å². The van der Waals surface area contributed by atoms with Crippen molar-refractivity contribution in [1.82, 2.24) is 15.1 Å². The van der Waals surface area contributed by atoms with Gasteiger partial charge in [0.15, 0.2) is 0 Å². The number of carbonyl (C=O) groups is 2. The number of likely N-dealkylation sites (tertiary alicyclic amines) is 1. The number of alkyl halides is 6. The second kappa shape index (κ2) is 11.3.